The van der Waals surface area contributed by atoms with E-state index >= 15 is 0 Å². The van der Waals surface area contributed by atoms with Gasteiger partial charge >= 0.3 is 6.03 Å². The van der Waals surface area contributed by atoms with Crippen molar-refractivity contribution >= 4 is 6.03 Å². The van der Waals surface area contributed by atoms with Gasteiger partial charge in [-0.25, -0.2) is 4.79 Å². The van der Waals surface area contributed by atoms with Gasteiger partial charge in [-0.1, -0.05) is 45.4 Å². The lowest BCUT2D eigenvalue weighted by Gasteiger charge is -2.41. The lowest BCUT2D eigenvalue weighted by atomic mass is 9.89. The van der Waals surface area contributed by atoms with E-state index in [1.165, 1.54) is 64.2 Å². The Morgan fingerprint density at radius 2 is 1.42 bits per heavy atom. The van der Waals surface area contributed by atoms with Crippen molar-refractivity contribution in [2.45, 2.75) is 89.6 Å². The molecule has 0 heterocycles. The molecule has 19 heavy (non-hydrogen) atoms. The second-order valence-electron chi connectivity index (χ2n) is 6.22. The average molecular weight is 266 g/mol. The van der Waals surface area contributed by atoms with Crippen molar-refractivity contribution in [2.75, 3.05) is 6.54 Å². The third-order valence-corrected chi connectivity index (χ3v) is 4.70. The molecule has 1 N–H and O–H groups in total. The second-order valence-corrected chi connectivity index (χ2v) is 6.22. The fourth-order valence-electron chi connectivity index (χ4n) is 3.67. The Bertz CT molecular complexity index is 250. The Labute approximate surface area is 118 Å². The van der Waals surface area contributed by atoms with Crippen LogP contribution in [0.5, 0.6) is 0 Å². The van der Waals surface area contributed by atoms with Crippen molar-refractivity contribution in [1.29, 1.82) is 0 Å². The van der Waals surface area contributed by atoms with Gasteiger partial charge < -0.3 is 10.2 Å². The molecule has 0 radical (unpaired) electrons. The van der Waals surface area contributed by atoms with Crippen molar-refractivity contribution in [3.05, 3.63) is 0 Å². The van der Waals surface area contributed by atoms with Crippen LogP contribution in [0.3, 0.4) is 0 Å². The Hall–Kier alpha value is -0.730. The molecule has 2 fully saturated rings. The van der Waals surface area contributed by atoms with E-state index < -0.39 is 0 Å². The summed E-state index contributed by atoms with van der Waals surface area (Å²) in [6, 6.07) is 1.23. The molecular weight excluding hydrogens is 236 g/mol. The third kappa shape index (κ3) is 4.12. The Morgan fingerprint density at radius 1 is 0.947 bits per heavy atom. The molecule has 0 aromatic rings. The van der Waals surface area contributed by atoms with Crippen molar-refractivity contribution in [3.63, 3.8) is 0 Å². The number of nitrogens with zero attached hydrogens (tertiary/aromatic N) is 1. The molecule has 0 atom stereocenters. The first-order chi connectivity index (χ1) is 9.33. The molecule has 2 amide bonds. The van der Waals surface area contributed by atoms with Crippen LogP contribution in [0.2, 0.25) is 0 Å². The maximum atomic E-state index is 12.5. The number of amides is 2. The van der Waals surface area contributed by atoms with Crippen LogP contribution in [0.15, 0.2) is 0 Å². The highest BCUT2D eigenvalue weighted by Crippen LogP contribution is 2.30. The van der Waals surface area contributed by atoms with Gasteiger partial charge in [0.05, 0.1) is 0 Å². The summed E-state index contributed by atoms with van der Waals surface area (Å²) in [7, 11) is 0. The summed E-state index contributed by atoms with van der Waals surface area (Å²) in [4.78, 5) is 14.8. The monoisotopic (exact) mass is 266 g/mol. The zero-order valence-corrected chi connectivity index (χ0v) is 12.5. The molecule has 0 saturated heterocycles. The number of hydrogen-bond donors (Lipinski definition) is 1. The van der Waals surface area contributed by atoms with Crippen LogP contribution >= 0.6 is 0 Å². The predicted molar refractivity (Wildman–Crippen MR) is 79.3 cm³/mol. The minimum Gasteiger partial charge on any atom is -0.338 e. The first kappa shape index (κ1) is 14.7. The summed E-state index contributed by atoms with van der Waals surface area (Å²) >= 11 is 0. The number of urea groups is 1. The summed E-state index contributed by atoms with van der Waals surface area (Å²) in [5.74, 6) is 0. The number of nitrogens with one attached hydrogen (secondary N) is 1. The van der Waals surface area contributed by atoms with Gasteiger partial charge in [0, 0.05) is 18.6 Å². The molecule has 0 bridgehead atoms. The summed E-state index contributed by atoms with van der Waals surface area (Å²) in [6.07, 6.45) is 13.8. The number of rotatable bonds is 4. The van der Waals surface area contributed by atoms with Crippen LogP contribution < -0.4 is 5.32 Å². The van der Waals surface area contributed by atoms with Crippen molar-refractivity contribution in [2.24, 2.45) is 0 Å². The molecular formula is C16H30N2O. The third-order valence-electron chi connectivity index (χ3n) is 4.70. The van der Waals surface area contributed by atoms with Crippen LogP contribution in [-0.4, -0.2) is 29.6 Å². The van der Waals surface area contributed by atoms with E-state index in [0.717, 1.165) is 13.0 Å². The minimum atomic E-state index is 0.209. The van der Waals surface area contributed by atoms with Crippen LogP contribution in [0.1, 0.15) is 77.6 Å². The minimum absolute atomic E-state index is 0.209. The fraction of sp³-hybridized carbons (Fsp3) is 0.938. The average Bonchev–Trinajstić information content (AvgIpc) is 2.47. The normalized spacial score (nSPS) is 22.2. The lowest BCUT2D eigenvalue weighted by molar-refractivity contribution is 0.105. The Kier molecular flexibility index (Phi) is 5.99. The maximum Gasteiger partial charge on any atom is 0.317 e. The van der Waals surface area contributed by atoms with E-state index in [9.17, 15) is 4.79 Å². The van der Waals surface area contributed by atoms with Gasteiger partial charge in [0.15, 0.2) is 0 Å². The molecule has 2 saturated carbocycles. The highest BCUT2D eigenvalue weighted by Gasteiger charge is 2.32. The molecule has 110 valence electrons. The Morgan fingerprint density at radius 3 is 1.84 bits per heavy atom. The van der Waals surface area contributed by atoms with E-state index in [1.807, 2.05) is 0 Å². The SMILES string of the molecule is CCCNC(=O)N(C1CCCCC1)C1CCCCC1. The number of carbonyl (C=O) groups is 1. The van der Waals surface area contributed by atoms with E-state index in [0.29, 0.717) is 12.1 Å². The first-order valence-electron chi connectivity index (χ1n) is 8.39. The quantitative estimate of drug-likeness (QED) is 0.817. The standard InChI is InChI=1S/C16H30N2O/c1-2-13-17-16(19)18(14-9-5-3-6-10-14)15-11-7-4-8-12-15/h14-15H,2-13H2,1H3,(H,17,19). The van der Waals surface area contributed by atoms with Crippen LogP contribution in [0, 0.1) is 0 Å². The molecule has 2 rings (SSSR count). The topological polar surface area (TPSA) is 32.3 Å². The summed E-state index contributed by atoms with van der Waals surface area (Å²) in [6.45, 7) is 2.93. The number of hydrogen-bond acceptors (Lipinski definition) is 1. The zero-order chi connectivity index (χ0) is 13.5. The second kappa shape index (κ2) is 7.76. The summed E-state index contributed by atoms with van der Waals surface area (Å²) in [5, 5.41) is 3.11. The molecule has 0 aromatic carbocycles. The molecule has 3 heteroatoms. The van der Waals surface area contributed by atoms with Crippen molar-refractivity contribution < 1.29 is 4.79 Å². The van der Waals surface area contributed by atoms with Crippen LogP contribution in [0.4, 0.5) is 4.79 Å². The maximum absolute atomic E-state index is 12.5. The van der Waals surface area contributed by atoms with Gasteiger partial charge in [-0.2, -0.15) is 0 Å². The summed E-state index contributed by atoms with van der Waals surface area (Å²) in [5.41, 5.74) is 0. The van der Waals surface area contributed by atoms with E-state index in [-0.39, 0.29) is 6.03 Å². The van der Waals surface area contributed by atoms with Gasteiger partial charge in [0.25, 0.3) is 0 Å². The van der Waals surface area contributed by atoms with Gasteiger partial charge in [0.2, 0.25) is 0 Å². The first-order valence-corrected chi connectivity index (χ1v) is 8.39. The molecule has 0 aliphatic heterocycles. The molecule has 2 aliphatic rings. The van der Waals surface area contributed by atoms with Gasteiger partial charge in [-0.3, -0.25) is 0 Å². The fourth-order valence-corrected chi connectivity index (χ4v) is 3.67. The molecule has 2 aliphatic carbocycles. The van der Waals surface area contributed by atoms with Crippen LogP contribution in [-0.2, 0) is 0 Å². The molecule has 0 spiro atoms. The van der Waals surface area contributed by atoms with Gasteiger partial charge in [0.1, 0.15) is 0 Å². The highest BCUT2D eigenvalue weighted by molar-refractivity contribution is 5.75. The highest BCUT2D eigenvalue weighted by atomic mass is 16.2. The zero-order valence-electron chi connectivity index (χ0n) is 12.5. The summed E-state index contributed by atoms with van der Waals surface area (Å²) < 4.78 is 0. The van der Waals surface area contributed by atoms with Crippen molar-refractivity contribution in [3.8, 4) is 0 Å². The molecule has 3 nitrogen and oxygen atoms in total. The van der Waals surface area contributed by atoms with Gasteiger partial charge in [-0.05, 0) is 32.1 Å². The van der Waals surface area contributed by atoms with Crippen LogP contribution in [0.25, 0.3) is 0 Å². The van der Waals surface area contributed by atoms with E-state index in [2.05, 4.69) is 17.1 Å². The van der Waals surface area contributed by atoms with Crippen molar-refractivity contribution in [1.82, 2.24) is 10.2 Å². The van der Waals surface area contributed by atoms with E-state index in [4.69, 9.17) is 0 Å². The largest absolute Gasteiger partial charge is 0.338 e. The molecule has 0 unspecified atom stereocenters. The van der Waals surface area contributed by atoms with E-state index in [1.54, 1.807) is 0 Å². The smallest absolute Gasteiger partial charge is 0.317 e. The number of carbonyl (C=O) groups excluding carboxylic acids is 1. The molecule has 0 aromatic heterocycles. The lowest BCUT2D eigenvalue weighted by Crippen LogP contribution is -2.52. The Balaban J connectivity index is 1.99. The predicted octanol–water partition coefficient (Wildman–Crippen LogP) is 4.07. The van der Waals surface area contributed by atoms with Gasteiger partial charge in [-0.15, -0.1) is 0 Å².